The largest absolute Gasteiger partial charge is 0.490 e. The van der Waals surface area contributed by atoms with Crippen molar-refractivity contribution in [2.45, 2.75) is 27.3 Å². The highest BCUT2D eigenvalue weighted by Gasteiger charge is 2.20. The average Bonchev–Trinajstić information content (AvgIpc) is 3.00. The van der Waals surface area contributed by atoms with E-state index in [2.05, 4.69) is 10.3 Å². The Morgan fingerprint density at radius 2 is 1.57 bits per heavy atom. The average molecular weight is 603 g/mol. The molecule has 44 heavy (non-hydrogen) atoms. The molecule has 12 heteroatoms. The summed E-state index contributed by atoms with van der Waals surface area (Å²) in [5.41, 5.74) is -1.28. The fraction of sp³-hybridized carbons (Fsp3) is 0.188. The lowest BCUT2D eigenvalue weighted by Crippen LogP contribution is -2.42. The smallest absolute Gasteiger partial charge is 0.335 e. The van der Waals surface area contributed by atoms with Crippen molar-refractivity contribution in [1.29, 1.82) is 0 Å². The Labute approximate surface area is 250 Å². The van der Waals surface area contributed by atoms with Crippen LogP contribution in [0.4, 0.5) is 14.5 Å². The van der Waals surface area contributed by atoms with Crippen molar-refractivity contribution in [3.8, 4) is 28.7 Å². The summed E-state index contributed by atoms with van der Waals surface area (Å²) in [7, 11) is 0. The number of halogens is 2. The van der Waals surface area contributed by atoms with Crippen LogP contribution >= 0.6 is 0 Å². The van der Waals surface area contributed by atoms with Crippen molar-refractivity contribution in [2.24, 2.45) is 0 Å². The highest BCUT2D eigenvalue weighted by atomic mass is 19.1. The summed E-state index contributed by atoms with van der Waals surface area (Å²) in [6.45, 7) is 6.36. The third-order valence-electron chi connectivity index (χ3n) is 6.60. The molecule has 0 atom stereocenters. The molecule has 226 valence electrons. The van der Waals surface area contributed by atoms with Gasteiger partial charge in [-0.05, 0) is 69.3 Å². The van der Waals surface area contributed by atoms with Gasteiger partial charge < -0.3 is 19.5 Å². The number of fused-ring (bicyclic) bond motifs is 1. The lowest BCUT2D eigenvalue weighted by Gasteiger charge is -2.15. The van der Waals surface area contributed by atoms with E-state index in [0.717, 1.165) is 29.0 Å². The van der Waals surface area contributed by atoms with Crippen LogP contribution in [0.1, 0.15) is 31.1 Å². The molecule has 2 heterocycles. The summed E-state index contributed by atoms with van der Waals surface area (Å²) in [6.07, 6.45) is 2.66. The SMILES string of the molecule is CCOc1cc2nccc(Oc3ccc(NC(=O)c4cn(CC)c(=O)n(-c5ccc(F)cc5)c4=O)cc3F)c2cc1OCC. The highest BCUT2D eigenvalue weighted by Crippen LogP contribution is 2.38. The number of amides is 1. The summed E-state index contributed by atoms with van der Waals surface area (Å²) >= 11 is 0. The van der Waals surface area contributed by atoms with Crippen molar-refractivity contribution in [1.82, 2.24) is 14.1 Å². The summed E-state index contributed by atoms with van der Waals surface area (Å²) in [6, 6.07) is 13.5. The maximum atomic E-state index is 15.2. The van der Waals surface area contributed by atoms with Crippen LogP contribution in [0.15, 0.2) is 82.6 Å². The number of ether oxygens (including phenoxy) is 3. The fourth-order valence-electron chi connectivity index (χ4n) is 4.53. The van der Waals surface area contributed by atoms with Gasteiger partial charge in [0.25, 0.3) is 11.5 Å². The van der Waals surface area contributed by atoms with Gasteiger partial charge in [0.2, 0.25) is 0 Å². The van der Waals surface area contributed by atoms with E-state index in [0.29, 0.717) is 41.4 Å². The van der Waals surface area contributed by atoms with Crippen LogP contribution in [-0.2, 0) is 6.54 Å². The lowest BCUT2D eigenvalue weighted by molar-refractivity contribution is 0.102. The first-order chi connectivity index (χ1) is 21.2. The number of hydrogen-bond donors (Lipinski definition) is 1. The van der Waals surface area contributed by atoms with Gasteiger partial charge in [-0.25, -0.2) is 18.1 Å². The molecule has 0 bridgehead atoms. The Bertz CT molecular complexity index is 1970. The Morgan fingerprint density at radius 3 is 2.23 bits per heavy atom. The molecule has 0 saturated heterocycles. The van der Waals surface area contributed by atoms with Gasteiger partial charge in [0.05, 0.1) is 24.4 Å². The Kier molecular flexibility index (Phi) is 8.70. The molecule has 0 aliphatic carbocycles. The number of aryl methyl sites for hydroxylation is 1. The van der Waals surface area contributed by atoms with E-state index in [9.17, 15) is 18.8 Å². The summed E-state index contributed by atoms with van der Waals surface area (Å²) in [4.78, 5) is 43.6. The maximum absolute atomic E-state index is 15.2. The molecule has 0 radical (unpaired) electrons. The predicted octanol–water partition coefficient (Wildman–Crippen LogP) is 5.69. The van der Waals surface area contributed by atoms with Gasteiger partial charge in [-0.15, -0.1) is 0 Å². The van der Waals surface area contributed by atoms with Gasteiger partial charge in [0.15, 0.2) is 23.1 Å². The Hall–Kier alpha value is -5.52. The van der Waals surface area contributed by atoms with Gasteiger partial charge >= 0.3 is 5.69 Å². The predicted molar refractivity (Wildman–Crippen MR) is 160 cm³/mol. The van der Waals surface area contributed by atoms with Crippen LogP contribution < -0.4 is 30.8 Å². The Morgan fingerprint density at radius 1 is 0.864 bits per heavy atom. The van der Waals surface area contributed by atoms with Gasteiger partial charge in [-0.3, -0.25) is 19.1 Å². The molecule has 3 aromatic carbocycles. The van der Waals surface area contributed by atoms with Crippen LogP contribution in [-0.4, -0.2) is 33.2 Å². The second-order valence-electron chi connectivity index (χ2n) is 9.42. The van der Waals surface area contributed by atoms with Gasteiger partial charge in [0.1, 0.15) is 17.1 Å². The number of carbonyl (C=O) groups excluding carboxylic acids is 1. The fourth-order valence-corrected chi connectivity index (χ4v) is 4.53. The van der Waals surface area contributed by atoms with Gasteiger partial charge in [-0.2, -0.15) is 0 Å². The minimum absolute atomic E-state index is 0.0430. The van der Waals surface area contributed by atoms with Crippen molar-refractivity contribution in [3.63, 3.8) is 0 Å². The molecule has 10 nitrogen and oxygen atoms in total. The lowest BCUT2D eigenvalue weighted by atomic mass is 10.1. The third kappa shape index (κ3) is 6.00. The van der Waals surface area contributed by atoms with Gasteiger partial charge in [-0.1, -0.05) is 0 Å². The first-order valence-corrected chi connectivity index (χ1v) is 13.8. The maximum Gasteiger partial charge on any atom is 0.335 e. The van der Waals surface area contributed by atoms with E-state index < -0.39 is 28.8 Å². The van der Waals surface area contributed by atoms with Crippen LogP contribution in [0.25, 0.3) is 16.6 Å². The second kappa shape index (κ2) is 12.8. The Balaban J connectivity index is 1.43. The number of rotatable bonds is 10. The number of benzene rings is 3. The molecule has 2 aromatic heterocycles. The van der Waals surface area contributed by atoms with E-state index >= 15 is 4.39 Å². The standard InChI is InChI=1S/C32H28F2N4O6/c1-4-37-18-23(31(40)38(32(37)41)21-10-7-19(33)8-11-21)30(39)36-20-9-12-27(24(34)15-20)44-26-13-14-35-25-17-29(43-6-3)28(42-5-2)16-22(25)26/h7-18H,4-6H2,1-3H3,(H,36,39). The molecule has 0 fully saturated rings. The molecule has 0 unspecified atom stereocenters. The van der Waals surface area contributed by atoms with Crippen LogP contribution in [0.2, 0.25) is 0 Å². The number of nitrogens with one attached hydrogen (secondary N) is 1. The number of carbonyl (C=O) groups is 1. The molecular formula is C32H28F2N4O6. The molecule has 5 rings (SSSR count). The van der Waals surface area contributed by atoms with Crippen LogP contribution in [0.3, 0.4) is 0 Å². The number of aromatic nitrogens is 3. The third-order valence-corrected chi connectivity index (χ3v) is 6.60. The number of hydrogen-bond acceptors (Lipinski definition) is 7. The van der Waals surface area contributed by atoms with E-state index in [1.165, 1.54) is 35.0 Å². The monoisotopic (exact) mass is 602 g/mol. The van der Waals surface area contributed by atoms with Crippen molar-refractivity contribution >= 4 is 22.5 Å². The number of anilines is 1. The zero-order valence-electron chi connectivity index (χ0n) is 24.1. The molecule has 0 aliphatic heterocycles. The molecule has 0 saturated carbocycles. The number of nitrogens with zero attached hydrogens (tertiary/aromatic N) is 3. The number of pyridine rings is 1. The van der Waals surface area contributed by atoms with Crippen molar-refractivity contribution < 1.29 is 27.8 Å². The molecule has 0 aliphatic rings. The molecular weight excluding hydrogens is 574 g/mol. The van der Waals surface area contributed by atoms with Crippen LogP contribution in [0, 0.1) is 11.6 Å². The van der Waals surface area contributed by atoms with Crippen molar-refractivity contribution in [2.75, 3.05) is 18.5 Å². The van der Waals surface area contributed by atoms with Crippen molar-refractivity contribution in [3.05, 3.63) is 111 Å². The summed E-state index contributed by atoms with van der Waals surface area (Å²) < 4.78 is 47.9. The highest BCUT2D eigenvalue weighted by molar-refractivity contribution is 6.04. The van der Waals surface area contributed by atoms with E-state index in [-0.39, 0.29) is 29.2 Å². The quantitative estimate of drug-likeness (QED) is 0.219. The second-order valence-corrected chi connectivity index (χ2v) is 9.42. The minimum Gasteiger partial charge on any atom is -0.490 e. The van der Waals surface area contributed by atoms with E-state index in [4.69, 9.17) is 14.2 Å². The zero-order chi connectivity index (χ0) is 31.4. The molecule has 1 N–H and O–H groups in total. The first kappa shape index (κ1) is 30.0. The summed E-state index contributed by atoms with van der Waals surface area (Å²) in [5.74, 6) is -0.995. The molecule has 1 amide bonds. The zero-order valence-corrected chi connectivity index (χ0v) is 24.1. The topological polar surface area (TPSA) is 114 Å². The van der Waals surface area contributed by atoms with Crippen LogP contribution in [0.5, 0.6) is 23.0 Å². The molecule has 0 spiro atoms. The molecule has 5 aromatic rings. The van der Waals surface area contributed by atoms with Gasteiger partial charge in [0, 0.05) is 42.1 Å². The van der Waals surface area contributed by atoms with E-state index in [1.807, 2.05) is 13.8 Å². The minimum atomic E-state index is -0.910. The normalized spacial score (nSPS) is 10.9. The first-order valence-electron chi connectivity index (χ1n) is 13.8. The van der Waals surface area contributed by atoms with E-state index in [1.54, 1.807) is 25.1 Å². The summed E-state index contributed by atoms with van der Waals surface area (Å²) in [5, 5.41) is 3.06.